The number of rotatable bonds is 2. The SMILES string of the molecule is N#Cc1ccc(Sc2ccncc2)cc1N. The van der Waals surface area contributed by atoms with Crippen molar-refractivity contribution in [3.8, 4) is 6.07 Å². The molecule has 0 spiro atoms. The number of hydrogen-bond acceptors (Lipinski definition) is 4. The zero-order valence-electron chi connectivity index (χ0n) is 8.42. The van der Waals surface area contributed by atoms with Crippen LogP contribution in [0.5, 0.6) is 0 Å². The molecular formula is C12H9N3S. The highest BCUT2D eigenvalue weighted by atomic mass is 32.2. The summed E-state index contributed by atoms with van der Waals surface area (Å²) >= 11 is 1.59. The average Bonchev–Trinajstić information content (AvgIpc) is 2.31. The predicted octanol–water partition coefficient (Wildman–Crippen LogP) is 2.69. The van der Waals surface area contributed by atoms with E-state index < -0.39 is 0 Å². The first kappa shape index (κ1) is 10.5. The van der Waals surface area contributed by atoms with Crippen LogP contribution < -0.4 is 5.73 Å². The Labute approximate surface area is 97.9 Å². The standard InChI is InChI=1S/C12H9N3S/c13-8-9-1-2-11(7-12(9)14)16-10-3-5-15-6-4-10/h1-7H,14H2. The third-order valence-electron chi connectivity index (χ3n) is 2.03. The van der Waals surface area contributed by atoms with Gasteiger partial charge < -0.3 is 5.73 Å². The molecule has 0 aliphatic carbocycles. The Balaban J connectivity index is 2.24. The van der Waals surface area contributed by atoms with E-state index in [0.29, 0.717) is 11.3 Å². The van der Waals surface area contributed by atoms with Crippen LogP contribution in [0.3, 0.4) is 0 Å². The highest BCUT2D eigenvalue weighted by Crippen LogP contribution is 2.29. The van der Waals surface area contributed by atoms with Crippen molar-refractivity contribution in [2.24, 2.45) is 0 Å². The molecule has 1 heterocycles. The zero-order valence-corrected chi connectivity index (χ0v) is 9.24. The first-order valence-electron chi connectivity index (χ1n) is 4.67. The van der Waals surface area contributed by atoms with Crippen molar-refractivity contribution in [2.75, 3.05) is 5.73 Å². The molecule has 2 N–H and O–H groups in total. The van der Waals surface area contributed by atoms with Crippen LogP contribution in [-0.4, -0.2) is 4.98 Å². The van der Waals surface area contributed by atoms with Gasteiger partial charge in [0.1, 0.15) is 6.07 Å². The zero-order chi connectivity index (χ0) is 11.4. The van der Waals surface area contributed by atoms with Gasteiger partial charge in [-0.2, -0.15) is 5.26 Å². The minimum Gasteiger partial charge on any atom is -0.398 e. The van der Waals surface area contributed by atoms with Crippen LogP contribution in [0.4, 0.5) is 5.69 Å². The lowest BCUT2D eigenvalue weighted by Gasteiger charge is -2.03. The first-order valence-corrected chi connectivity index (χ1v) is 5.49. The van der Waals surface area contributed by atoms with E-state index in [1.54, 1.807) is 30.2 Å². The molecule has 3 nitrogen and oxygen atoms in total. The van der Waals surface area contributed by atoms with Gasteiger partial charge in [0.05, 0.1) is 11.3 Å². The minimum absolute atomic E-state index is 0.513. The number of aromatic nitrogens is 1. The van der Waals surface area contributed by atoms with E-state index in [-0.39, 0.29) is 0 Å². The van der Waals surface area contributed by atoms with Gasteiger partial charge in [0.15, 0.2) is 0 Å². The molecule has 0 radical (unpaired) electrons. The van der Waals surface area contributed by atoms with E-state index in [0.717, 1.165) is 9.79 Å². The maximum Gasteiger partial charge on any atom is 0.101 e. The molecule has 0 amide bonds. The van der Waals surface area contributed by atoms with Crippen molar-refractivity contribution in [3.63, 3.8) is 0 Å². The van der Waals surface area contributed by atoms with Gasteiger partial charge in [-0.1, -0.05) is 11.8 Å². The smallest absolute Gasteiger partial charge is 0.101 e. The molecule has 0 saturated heterocycles. The van der Waals surface area contributed by atoms with Gasteiger partial charge in [-0.05, 0) is 30.3 Å². The lowest BCUT2D eigenvalue weighted by Crippen LogP contribution is -1.89. The second kappa shape index (κ2) is 4.69. The first-order chi connectivity index (χ1) is 7.79. The summed E-state index contributed by atoms with van der Waals surface area (Å²) in [5.74, 6) is 0. The summed E-state index contributed by atoms with van der Waals surface area (Å²) in [6, 6.07) is 11.3. The van der Waals surface area contributed by atoms with Crippen molar-refractivity contribution in [3.05, 3.63) is 48.3 Å². The Morgan fingerprint density at radius 3 is 2.50 bits per heavy atom. The molecule has 16 heavy (non-hydrogen) atoms. The highest BCUT2D eigenvalue weighted by Gasteiger charge is 2.01. The van der Waals surface area contributed by atoms with Gasteiger partial charge in [0.25, 0.3) is 0 Å². The van der Waals surface area contributed by atoms with E-state index >= 15 is 0 Å². The molecule has 1 aromatic heterocycles. The van der Waals surface area contributed by atoms with Crippen LogP contribution in [0.15, 0.2) is 52.5 Å². The molecule has 4 heteroatoms. The van der Waals surface area contributed by atoms with E-state index in [4.69, 9.17) is 11.0 Å². The van der Waals surface area contributed by atoms with E-state index in [9.17, 15) is 0 Å². The lowest BCUT2D eigenvalue weighted by molar-refractivity contribution is 1.26. The number of benzene rings is 1. The topological polar surface area (TPSA) is 62.7 Å². The van der Waals surface area contributed by atoms with Crippen LogP contribution in [0.2, 0.25) is 0 Å². The number of anilines is 1. The molecule has 0 unspecified atom stereocenters. The summed E-state index contributed by atoms with van der Waals surface area (Å²) in [6.07, 6.45) is 3.49. The molecule has 0 saturated carbocycles. The number of nitrogens with two attached hydrogens (primary N) is 1. The van der Waals surface area contributed by atoms with Gasteiger partial charge in [-0.3, -0.25) is 4.98 Å². The van der Waals surface area contributed by atoms with E-state index in [2.05, 4.69) is 4.98 Å². The molecule has 2 aromatic rings. The van der Waals surface area contributed by atoms with Crippen molar-refractivity contribution >= 4 is 17.4 Å². The third-order valence-corrected chi connectivity index (χ3v) is 3.03. The Hall–Kier alpha value is -1.99. The Morgan fingerprint density at radius 1 is 1.12 bits per heavy atom. The van der Waals surface area contributed by atoms with Gasteiger partial charge in [0.2, 0.25) is 0 Å². The minimum atomic E-state index is 0.513. The van der Waals surface area contributed by atoms with Crippen molar-refractivity contribution in [2.45, 2.75) is 9.79 Å². The molecule has 0 bridgehead atoms. The fraction of sp³-hybridized carbons (Fsp3) is 0. The fourth-order valence-electron chi connectivity index (χ4n) is 1.25. The number of nitriles is 1. The highest BCUT2D eigenvalue weighted by molar-refractivity contribution is 7.99. The summed E-state index contributed by atoms with van der Waals surface area (Å²) in [7, 11) is 0. The van der Waals surface area contributed by atoms with Crippen LogP contribution in [0, 0.1) is 11.3 Å². The average molecular weight is 227 g/mol. The number of nitrogen functional groups attached to an aromatic ring is 1. The van der Waals surface area contributed by atoms with Crippen LogP contribution >= 0.6 is 11.8 Å². The molecule has 0 atom stereocenters. The van der Waals surface area contributed by atoms with E-state index in [1.165, 1.54) is 0 Å². The summed E-state index contributed by atoms with van der Waals surface area (Å²) in [5.41, 5.74) is 6.77. The van der Waals surface area contributed by atoms with Crippen LogP contribution in [0.25, 0.3) is 0 Å². The molecule has 2 rings (SSSR count). The van der Waals surface area contributed by atoms with E-state index in [1.807, 2.05) is 30.3 Å². The van der Waals surface area contributed by atoms with Crippen molar-refractivity contribution in [1.29, 1.82) is 5.26 Å². The number of hydrogen-bond donors (Lipinski definition) is 1. The largest absolute Gasteiger partial charge is 0.398 e. The fourth-order valence-corrected chi connectivity index (χ4v) is 2.10. The van der Waals surface area contributed by atoms with Gasteiger partial charge in [0, 0.05) is 22.2 Å². The summed E-state index contributed by atoms with van der Waals surface area (Å²) in [6.45, 7) is 0. The maximum atomic E-state index is 8.75. The molecule has 78 valence electrons. The van der Waals surface area contributed by atoms with Crippen LogP contribution in [-0.2, 0) is 0 Å². The number of nitrogens with zero attached hydrogens (tertiary/aromatic N) is 2. The molecule has 0 aliphatic rings. The van der Waals surface area contributed by atoms with Gasteiger partial charge >= 0.3 is 0 Å². The molecular weight excluding hydrogens is 218 g/mol. The third kappa shape index (κ3) is 2.33. The monoisotopic (exact) mass is 227 g/mol. The van der Waals surface area contributed by atoms with Gasteiger partial charge in [-0.25, -0.2) is 0 Å². The second-order valence-corrected chi connectivity index (χ2v) is 4.29. The number of pyridine rings is 1. The molecule has 1 aromatic carbocycles. The lowest BCUT2D eigenvalue weighted by atomic mass is 10.2. The summed E-state index contributed by atoms with van der Waals surface area (Å²) in [5, 5.41) is 8.75. The summed E-state index contributed by atoms with van der Waals surface area (Å²) in [4.78, 5) is 6.06. The van der Waals surface area contributed by atoms with Crippen LogP contribution in [0.1, 0.15) is 5.56 Å². The predicted molar refractivity (Wildman–Crippen MR) is 63.9 cm³/mol. The van der Waals surface area contributed by atoms with Crippen molar-refractivity contribution in [1.82, 2.24) is 4.98 Å². The van der Waals surface area contributed by atoms with Gasteiger partial charge in [-0.15, -0.1) is 0 Å². The quantitative estimate of drug-likeness (QED) is 0.801. The van der Waals surface area contributed by atoms with Crippen molar-refractivity contribution < 1.29 is 0 Å². The Bertz CT molecular complexity index is 532. The molecule has 0 aliphatic heterocycles. The maximum absolute atomic E-state index is 8.75. The summed E-state index contributed by atoms with van der Waals surface area (Å²) < 4.78 is 0. The normalized spacial score (nSPS) is 9.69. The molecule has 0 fully saturated rings. The second-order valence-electron chi connectivity index (χ2n) is 3.15. The Kier molecular flexibility index (Phi) is 3.08. The Morgan fingerprint density at radius 2 is 1.88 bits per heavy atom.